The van der Waals surface area contributed by atoms with Gasteiger partial charge in [-0.3, -0.25) is 33.7 Å². The molecule has 0 atom stereocenters. The van der Waals surface area contributed by atoms with Crippen molar-refractivity contribution in [1.82, 2.24) is 0 Å². The standard InChI is InChI=1S/C15H24O4.C15H24O3.C14H22O4.C14H22O3.C13H18O2.4C9H10O.C6H10O2/c1-13-4-5-14(2)15(12-13)19-11-10-18-9-8-17-7-6-16-3;1-13-4-5-14(2)15(12-13)6-7-17-10-11-18-9-8-16-3;1-12-3-4-13(2)14(11-12)18-10-9-17-8-7-16-6-5-15;1-12-3-4-13(2)14(11-12)5-7-16-9-10-17-8-6-15;1-4-13(14)15-8-7-12-9-10(2)5-6-11(12)3;4*1-7-3-4-8(2)9(5-7)6-10;1-5(2)7-8-6(3)4/h4-5,12H,6-11H2,1-3H3;4-5,12H,6-11H2,1-3H3;3-4,11,15H,5-10H2,1-2H3;3-4,11,15H,5-10H2,1-2H3;5-6,9H,4,7-8H2,1-3H3;4*3-6H,1-2H3;1,3H2,2,4H3. The smallest absolute Gasteiger partial charge is 0.305 e. The fourth-order valence-corrected chi connectivity index (χ4v) is 11.5. The van der Waals surface area contributed by atoms with Crippen molar-refractivity contribution in [1.29, 1.82) is 0 Å². The minimum absolute atomic E-state index is 0.0513. The average molecular weight is 1870 g/mol. The van der Waals surface area contributed by atoms with Gasteiger partial charge in [-0.1, -0.05) is 186 Å². The third-order valence-electron chi connectivity index (χ3n) is 19.5. The van der Waals surface area contributed by atoms with E-state index in [-0.39, 0.29) is 19.2 Å². The fraction of sp³-hybridized carbons (Fsp3) is 0.442. The van der Waals surface area contributed by atoms with Crippen molar-refractivity contribution in [2.24, 2.45) is 0 Å². The van der Waals surface area contributed by atoms with E-state index in [4.69, 9.17) is 71.8 Å². The Morgan fingerprint density at radius 3 is 0.726 bits per heavy atom. The maximum Gasteiger partial charge on any atom is 0.305 e. The topological polar surface area (TPSA) is 264 Å². The zero-order valence-electron chi connectivity index (χ0n) is 85.5. The van der Waals surface area contributed by atoms with Crippen LogP contribution in [0.3, 0.4) is 0 Å². The fourth-order valence-electron chi connectivity index (χ4n) is 11.5. The average Bonchev–Trinajstić information content (AvgIpc) is 0.868. The largest absolute Gasteiger partial charge is 0.491 e. The van der Waals surface area contributed by atoms with E-state index >= 15 is 0 Å². The van der Waals surface area contributed by atoms with Crippen LogP contribution in [0.2, 0.25) is 0 Å². The van der Waals surface area contributed by atoms with Crippen molar-refractivity contribution in [2.75, 3.05) is 166 Å². The van der Waals surface area contributed by atoms with Gasteiger partial charge in [-0.05, 0) is 266 Å². The van der Waals surface area contributed by atoms with E-state index in [1.807, 2.05) is 167 Å². The first kappa shape index (κ1) is 124. The number of esters is 1. The van der Waals surface area contributed by atoms with Gasteiger partial charge >= 0.3 is 5.97 Å². The Morgan fingerprint density at radius 1 is 0.274 bits per heavy atom. The summed E-state index contributed by atoms with van der Waals surface area (Å²) in [5, 5.41) is 17.0. The number of allylic oxidation sites excluding steroid dienone is 2. The highest BCUT2D eigenvalue weighted by atomic mass is 17.2. The summed E-state index contributed by atoms with van der Waals surface area (Å²) in [5.41, 5.74) is 28.3. The second-order valence-electron chi connectivity index (χ2n) is 32.2. The van der Waals surface area contributed by atoms with Gasteiger partial charge in [-0.15, -0.1) is 0 Å². The Morgan fingerprint density at radius 2 is 0.489 bits per heavy atom. The molecule has 135 heavy (non-hydrogen) atoms. The molecular weight excluding hydrogens is 1710 g/mol. The Kier molecular flexibility index (Phi) is 73.2. The van der Waals surface area contributed by atoms with Crippen LogP contribution < -0.4 is 9.47 Å². The van der Waals surface area contributed by atoms with E-state index in [9.17, 15) is 24.0 Å². The monoisotopic (exact) mass is 1870 g/mol. The maximum absolute atomic E-state index is 10.9. The van der Waals surface area contributed by atoms with Crippen LogP contribution in [0.4, 0.5) is 0 Å². The number of benzene rings is 9. The Hall–Kier alpha value is -10.7. The molecule has 2 N–H and O–H groups in total. The molecule has 0 aliphatic rings. The predicted molar refractivity (Wildman–Crippen MR) is 544 cm³/mol. The molecule has 0 aromatic heterocycles. The van der Waals surface area contributed by atoms with Crippen LogP contribution in [0.25, 0.3) is 0 Å². The molecule has 0 heterocycles. The summed E-state index contributed by atoms with van der Waals surface area (Å²) in [7, 11) is 3.33. The molecule has 0 aliphatic carbocycles. The van der Waals surface area contributed by atoms with Gasteiger partial charge in [-0.2, -0.15) is 0 Å². The van der Waals surface area contributed by atoms with Crippen LogP contribution in [-0.2, 0) is 85.9 Å². The lowest BCUT2D eigenvalue weighted by Crippen LogP contribution is -2.12. The van der Waals surface area contributed by atoms with Gasteiger partial charge in [0.25, 0.3) is 0 Å². The number of ether oxygens (including phenoxy) is 13. The van der Waals surface area contributed by atoms with Crippen molar-refractivity contribution in [3.8, 4) is 11.5 Å². The molecule has 0 saturated heterocycles. The number of carbonyl (C=O) groups excluding carboxylic acids is 5. The summed E-state index contributed by atoms with van der Waals surface area (Å²) in [5.74, 6) is 2.76. The number of aliphatic hydroxyl groups excluding tert-OH is 2. The minimum Gasteiger partial charge on any atom is -0.491 e. The summed E-state index contributed by atoms with van der Waals surface area (Å²) < 4.78 is 68.7. The van der Waals surface area contributed by atoms with Gasteiger partial charge < -0.3 is 71.8 Å². The molecule has 22 heteroatoms. The highest BCUT2D eigenvalue weighted by Crippen LogP contribution is 2.22. The molecule has 0 fully saturated rings. The molecule has 0 amide bonds. The van der Waals surface area contributed by atoms with Gasteiger partial charge in [0.1, 0.15) is 61.4 Å². The number of rotatable bonds is 47. The summed E-state index contributed by atoms with van der Waals surface area (Å²) in [4.78, 5) is 61.5. The first-order valence-electron chi connectivity index (χ1n) is 46.0. The molecule has 22 nitrogen and oxygen atoms in total. The van der Waals surface area contributed by atoms with E-state index in [1.54, 1.807) is 35.0 Å². The quantitative estimate of drug-likeness (QED) is 0.00896. The van der Waals surface area contributed by atoms with Gasteiger partial charge in [0.2, 0.25) is 0 Å². The van der Waals surface area contributed by atoms with E-state index in [1.165, 1.54) is 61.2 Å². The van der Waals surface area contributed by atoms with Crippen LogP contribution in [0.1, 0.15) is 185 Å². The number of aryl methyl sites for hydroxylation is 18. The predicted octanol–water partition coefficient (Wildman–Crippen LogP) is 21.7. The Labute approximate surface area is 808 Å². The lowest BCUT2D eigenvalue weighted by molar-refractivity contribution is -0.223. The first-order chi connectivity index (χ1) is 64.6. The van der Waals surface area contributed by atoms with Gasteiger partial charge in [0, 0.05) is 49.3 Å². The molecule has 744 valence electrons. The molecule has 0 bridgehead atoms. The third-order valence-corrected chi connectivity index (χ3v) is 19.5. The number of aliphatic hydroxyl groups is 2. The van der Waals surface area contributed by atoms with E-state index in [0.29, 0.717) is 150 Å². The second-order valence-corrected chi connectivity index (χ2v) is 32.2. The molecule has 0 radical (unpaired) electrons. The minimum atomic E-state index is -0.125. The Balaban J connectivity index is 0.00000149. The van der Waals surface area contributed by atoms with Crippen LogP contribution in [-0.4, -0.2) is 208 Å². The van der Waals surface area contributed by atoms with E-state index in [0.717, 1.165) is 140 Å². The van der Waals surface area contributed by atoms with Crippen molar-refractivity contribution in [3.05, 3.63) is 328 Å². The van der Waals surface area contributed by atoms with Crippen LogP contribution in [0.5, 0.6) is 11.5 Å². The van der Waals surface area contributed by atoms with Crippen molar-refractivity contribution >= 4 is 31.1 Å². The summed E-state index contributed by atoms with van der Waals surface area (Å²) in [6.45, 7) is 60.7. The normalized spacial score (nSPS) is 10.1. The number of hydrogen-bond donors (Lipinski definition) is 2. The summed E-state index contributed by atoms with van der Waals surface area (Å²) in [6, 6.07) is 55.1. The van der Waals surface area contributed by atoms with Gasteiger partial charge in [0.05, 0.1) is 139 Å². The highest BCUT2D eigenvalue weighted by Gasteiger charge is 2.08. The van der Waals surface area contributed by atoms with Crippen LogP contribution in [0.15, 0.2) is 188 Å². The second kappa shape index (κ2) is 79.5. The highest BCUT2D eigenvalue weighted by molar-refractivity contribution is 5.79. The zero-order chi connectivity index (χ0) is 101. The molecule has 0 spiro atoms. The van der Waals surface area contributed by atoms with Crippen LogP contribution in [0, 0.1) is 125 Å². The first-order valence-corrected chi connectivity index (χ1v) is 46.0. The van der Waals surface area contributed by atoms with Gasteiger partial charge in [-0.25, -0.2) is 0 Å². The molecule has 0 unspecified atom stereocenters. The van der Waals surface area contributed by atoms with E-state index in [2.05, 4.69) is 144 Å². The lowest BCUT2D eigenvalue weighted by Gasteiger charge is -2.10. The summed E-state index contributed by atoms with van der Waals surface area (Å²) in [6.07, 6.45) is 6.72. The summed E-state index contributed by atoms with van der Waals surface area (Å²) >= 11 is 0. The lowest BCUT2D eigenvalue weighted by atomic mass is 10.0. The van der Waals surface area contributed by atoms with Gasteiger partial charge in [0.15, 0.2) is 0 Å². The number of methoxy groups -OCH3 is 2. The zero-order valence-corrected chi connectivity index (χ0v) is 85.5. The number of carbonyl (C=O) groups is 5. The molecule has 9 aromatic carbocycles. The number of aldehydes is 4. The van der Waals surface area contributed by atoms with Crippen molar-refractivity contribution in [3.63, 3.8) is 0 Å². The van der Waals surface area contributed by atoms with Crippen molar-refractivity contribution < 1.29 is 106 Å². The Bertz CT molecular complexity index is 4440. The molecule has 9 rings (SSSR count). The maximum atomic E-state index is 10.9. The third kappa shape index (κ3) is 64.8. The molecule has 9 aromatic rings. The molecular formula is C113H160O22. The SMILES string of the molecule is C=C(C)OOC(=C)C.CCC(=O)OCCc1cc(C)ccc1C.COCCOCCOCCOc1cc(C)ccc1C.COCCOCCOCCc1cc(C)ccc1C.Cc1ccc(C)c(C=O)c1.Cc1ccc(C)c(C=O)c1.Cc1ccc(C)c(C=O)c1.Cc1ccc(C)c(C=O)c1.Cc1ccc(C)c(CCOCCOCCO)c1.Cc1ccc(C)c(OCCOCCOCCO)c1. The number of hydrogen-bond acceptors (Lipinski definition) is 22. The van der Waals surface area contributed by atoms with Crippen molar-refractivity contribution in [2.45, 2.75) is 171 Å². The molecule has 0 aliphatic heterocycles. The van der Waals surface area contributed by atoms with E-state index < -0.39 is 0 Å². The molecule has 0 saturated carbocycles. The van der Waals surface area contributed by atoms with Crippen LogP contribution >= 0.6 is 0 Å².